The molecule has 2 aliphatic heterocycles. The summed E-state index contributed by atoms with van der Waals surface area (Å²) < 4.78 is 5.77. The quantitative estimate of drug-likeness (QED) is 0.837. The normalized spacial score (nSPS) is 26.4. The number of carbonyl (C=O) groups excluding carboxylic acids is 1. The Morgan fingerprint density at radius 2 is 1.58 bits per heavy atom. The fourth-order valence-corrected chi connectivity index (χ4v) is 4.39. The lowest BCUT2D eigenvalue weighted by Crippen LogP contribution is -2.47. The number of piperidine rings is 1. The molecule has 2 heterocycles. The molecule has 136 valence electrons. The average molecular weight is 351 g/mol. The van der Waals surface area contributed by atoms with Gasteiger partial charge in [-0.25, -0.2) is 4.79 Å². The van der Waals surface area contributed by atoms with Gasteiger partial charge in [-0.3, -0.25) is 4.90 Å². The van der Waals surface area contributed by atoms with Crippen molar-refractivity contribution >= 4 is 5.97 Å². The van der Waals surface area contributed by atoms with E-state index in [0.717, 1.165) is 31.2 Å². The molecule has 4 atom stereocenters. The van der Waals surface area contributed by atoms with Gasteiger partial charge in [-0.15, -0.1) is 0 Å². The van der Waals surface area contributed by atoms with Gasteiger partial charge >= 0.3 is 5.97 Å². The van der Waals surface area contributed by atoms with Crippen LogP contribution in [0, 0.1) is 0 Å². The maximum Gasteiger partial charge on any atom is 0.338 e. The highest BCUT2D eigenvalue weighted by molar-refractivity contribution is 5.89. The molecule has 2 bridgehead atoms. The fraction of sp³-hybridized carbons (Fsp3) is 0.409. The number of hydrogen-bond donors (Lipinski definition) is 1. The van der Waals surface area contributed by atoms with Crippen molar-refractivity contribution in [1.82, 2.24) is 4.90 Å². The first kappa shape index (κ1) is 17.3. The monoisotopic (exact) mass is 351 g/mol. The van der Waals surface area contributed by atoms with E-state index in [1.807, 2.05) is 48.5 Å². The molecule has 2 aromatic rings. The van der Waals surface area contributed by atoms with E-state index >= 15 is 0 Å². The number of ether oxygens (including phenoxy) is 1. The second-order valence-electron chi connectivity index (χ2n) is 7.37. The molecule has 2 fully saturated rings. The molecule has 0 spiro atoms. The van der Waals surface area contributed by atoms with Crippen LogP contribution in [-0.2, 0) is 4.74 Å². The van der Waals surface area contributed by atoms with E-state index < -0.39 is 6.10 Å². The van der Waals surface area contributed by atoms with Crippen molar-refractivity contribution < 1.29 is 14.6 Å². The van der Waals surface area contributed by atoms with E-state index in [-0.39, 0.29) is 12.1 Å². The standard InChI is InChI=1S/C22H25NO3/c24-21(16-7-3-1-4-8-16)15-23-18-11-12-19(23)14-20(13-18)26-22(25)17-9-5-2-6-10-17/h1-10,18-21,24H,11-15H2/t18-,19+,20?,21-/m0/s1. The van der Waals surface area contributed by atoms with Crippen LogP contribution in [0.15, 0.2) is 60.7 Å². The lowest BCUT2D eigenvalue weighted by Gasteiger charge is -2.39. The van der Waals surface area contributed by atoms with Gasteiger partial charge in [0.05, 0.1) is 11.7 Å². The Kier molecular flexibility index (Phi) is 5.05. The van der Waals surface area contributed by atoms with Gasteiger partial charge in [0.1, 0.15) is 6.10 Å². The highest BCUT2D eigenvalue weighted by Crippen LogP contribution is 2.38. The zero-order valence-electron chi connectivity index (χ0n) is 14.8. The maximum absolute atomic E-state index is 12.3. The molecular weight excluding hydrogens is 326 g/mol. The Bertz CT molecular complexity index is 720. The Morgan fingerprint density at radius 1 is 1.00 bits per heavy atom. The highest BCUT2D eigenvalue weighted by atomic mass is 16.5. The summed E-state index contributed by atoms with van der Waals surface area (Å²) in [6.45, 7) is 0.651. The minimum Gasteiger partial charge on any atom is -0.459 e. The summed E-state index contributed by atoms with van der Waals surface area (Å²) in [7, 11) is 0. The van der Waals surface area contributed by atoms with E-state index in [2.05, 4.69) is 4.90 Å². The van der Waals surface area contributed by atoms with Crippen molar-refractivity contribution in [2.75, 3.05) is 6.54 Å². The van der Waals surface area contributed by atoms with Crippen molar-refractivity contribution in [2.45, 2.75) is 50.0 Å². The third kappa shape index (κ3) is 3.67. The number of hydrogen-bond acceptors (Lipinski definition) is 4. The smallest absolute Gasteiger partial charge is 0.338 e. The number of rotatable bonds is 5. The number of aliphatic hydroxyl groups excluding tert-OH is 1. The summed E-state index contributed by atoms with van der Waals surface area (Å²) in [5.74, 6) is -0.229. The van der Waals surface area contributed by atoms with Gasteiger partial charge < -0.3 is 9.84 Å². The molecule has 0 amide bonds. The largest absolute Gasteiger partial charge is 0.459 e. The number of benzene rings is 2. The zero-order valence-corrected chi connectivity index (χ0v) is 14.8. The van der Waals surface area contributed by atoms with E-state index in [1.54, 1.807) is 12.1 Å². The van der Waals surface area contributed by atoms with Crippen molar-refractivity contribution in [3.8, 4) is 0 Å². The summed E-state index contributed by atoms with van der Waals surface area (Å²) >= 11 is 0. The molecule has 0 saturated carbocycles. The minimum absolute atomic E-state index is 0.0228. The van der Waals surface area contributed by atoms with Crippen molar-refractivity contribution in [1.29, 1.82) is 0 Å². The topological polar surface area (TPSA) is 49.8 Å². The Hall–Kier alpha value is -2.17. The van der Waals surface area contributed by atoms with Crippen LogP contribution in [0.4, 0.5) is 0 Å². The van der Waals surface area contributed by atoms with Crippen molar-refractivity contribution in [3.05, 3.63) is 71.8 Å². The average Bonchev–Trinajstić information content (AvgIpc) is 2.91. The lowest BCUT2D eigenvalue weighted by molar-refractivity contribution is -0.0172. The number of esters is 1. The van der Waals surface area contributed by atoms with Gasteiger partial charge in [0.15, 0.2) is 0 Å². The number of nitrogens with zero attached hydrogens (tertiary/aromatic N) is 1. The predicted octanol–water partition coefficient (Wildman–Crippen LogP) is 3.57. The second-order valence-corrected chi connectivity index (χ2v) is 7.37. The van der Waals surface area contributed by atoms with Gasteiger partial charge in [0.2, 0.25) is 0 Å². The summed E-state index contributed by atoms with van der Waals surface area (Å²) in [6.07, 6.45) is 3.46. The van der Waals surface area contributed by atoms with Crippen molar-refractivity contribution in [3.63, 3.8) is 0 Å². The van der Waals surface area contributed by atoms with Gasteiger partial charge in [0, 0.05) is 31.5 Å². The van der Waals surface area contributed by atoms with Crippen LogP contribution in [0.1, 0.15) is 47.7 Å². The zero-order chi connectivity index (χ0) is 17.9. The molecule has 4 nitrogen and oxygen atoms in total. The van der Waals surface area contributed by atoms with Crippen LogP contribution >= 0.6 is 0 Å². The van der Waals surface area contributed by atoms with Crippen LogP contribution in [0.2, 0.25) is 0 Å². The number of fused-ring (bicyclic) bond motifs is 2. The molecule has 1 N–H and O–H groups in total. The van der Waals surface area contributed by atoms with Crippen LogP contribution in [0.5, 0.6) is 0 Å². The molecule has 2 aliphatic rings. The molecular formula is C22H25NO3. The summed E-state index contributed by atoms with van der Waals surface area (Å²) in [6, 6.07) is 19.8. The van der Waals surface area contributed by atoms with Crippen LogP contribution in [0.3, 0.4) is 0 Å². The van der Waals surface area contributed by atoms with Gasteiger partial charge in [0.25, 0.3) is 0 Å². The summed E-state index contributed by atoms with van der Waals surface area (Å²) in [4.78, 5) is 14.7. The number of carbonyl (C=O) groups is 1. The highest BCUT2D eigenvalue weighted by Gasteiger charge is 2.42. The molecule has 4 rings (SSSR count). The second kappa shape index (κ2) is 7.60. The van der Waals surface area contributed by atoms with Crippen LogP contribution in [-0.4, -0.2) is 40.7 Å². The Labute approximate surface area is 154 Å². The Morgan fingerprint density at radius 3 is 2.19 bits per heavy atom. The fourth-order valence-electron chi connectivity index (χ4n) is 4.39. The van der Waals surface area contributed by atoms with Gasteiger partial charge in [-0.2, -0.15) is 0 Å². The third-order valence-electron chi connectivity index (χ3n) is 5.69. The lowest BCUT2D eigenvalue weighted by atomic mass is 9.98. The molecule has 2 saturated heterocycles. The third-order valence-corrected chi connectivity index (χ3v) is 5.69. The van der Waals surface area contributed by atoms with E-state index in [4.69, 9.17) is 4.74 Å². The minimum atomic E-state index is -0.470. The van der Waals surface area contributed by atoms with Gasteiger partial charge in [-0.1, -0.05) is 48.5 Å². The molecule has 26 heavy (non-hydrogen) atoms. The summed E-state index contributed by atoms with van der Waals surface area (Å²) in [5.41, 5.74) is 1.58. The van der Waals surface area contributed by atoms with E-state index in [0.29, 0.717) is 24.2 Å². The molecule has 0 aromatic heterocycles. The van der Waals surface area contributed by atoms with Crippen LogP contribution < -0.4 is 0 Å². The van der Waals surface area contributed by atoms with Gasteiger partial charge in [-0.05, 0) is 30.5 Å². The number of aliphatic hydroxyl groups is 1. The maximum atomic E-state index is 12.3. The molecule has 2 aromatic carbocycles. The van der Waals surface area contributed by atoms with Crippen molar-refractivity contribution in [2.24, 2.45) is 0 Å². The molecule has 4 heteroatoms. The SMILES string of the molecule is O=C(OC1C[C@H]2CC[C@@H](C1)N2C[C@H](O)c1ccccc1)c1ccccc1. The van der Waals surface area contributed by atoms with E-state index in [9.17, 15) is 9.90 Å². The predicted molar refractivity (Wildman–Crippen MR) is 99.8 cm³/mol. The molecule has 0 radical (unpaired) electrons. The molecule has 1 unspecified atom stereocenters. The summed E-state index contributed by atoms with van der Waals surface area (Å²) in [5, 5.41) is 10.6. The molecule has 0 aliphatic carbocycles. The first-order chi connectivity index (χ1) is 12.7. The van der Waals surface area contributed by atoms with E-state index in [1.165, 1.54) is 0 Å². The van der Waals surface area contributed by atoms with Crippen LogP contribution in [0.25, 0.3) is 0 Å². The first-order valence-corrected chi connectivity index (χ1v) is 9.45. The first-order valence-electron chi connectivity index (χ1n) is 9.45. The Balaban J connectivity index is 1.36.